The molecule has 0 spiro atoms. The van der Waals surface area contributed by atoms with Crippen molar-refractivity contribution in [2.24, 2.45) is 5.92 Å². The van der Waals surface area contributed by atoms with Gasteiger partial charge in [-0.15, -0.1) is 10.2 Å². The number of hydrogen-bond acceptors (Lipinski definition) is 9. The minimum absolute atomic E-state index is 0.00981. The zero-order valence-electron chi connectivity index (χ0n) is 22.9. The van der Waals surface area contributed by atoms with Crippen molar-refractivity contribution >= 4 is 39.1 Å². The fourth-order valence-corrected chi connectivity index (χ4v) is 5.96. The van der Waals surface area contributed by atoms with Gasteiger partial charge in [0.25, 0.3) is 0 Å². The molecule has 1 aliphatic heterocycles. The van der Waals surface area contributed by atoms with Crippen LogP contribution < -0.4 is 10.1 Å². The van der Waals surface area contributed by atoms with Crippen molar-refractivity contribution in [1.82, 2.24) is 20.4 Å². The molecule has 3 N–H and O–H groups in total. The van der Waals surface area contributed by atoms with Crippen molar-refractivity contribution in [1.29, 1.82) is 10.8 Å². The lowest BCUT2D eigenvalue weighted by atomic mass is 9.99. The number of hydrogen-bond donors (Lipinski definition) is 3. The van der Waals surface area contributed by atoms with Crippen molar-refractivity contribution in [2.45, 2.75) is 53.0 Å². The first-order valence-electron chi connectivity index (χ1n) is 13.3. The largest absolute Gasteiger partial charge is 0.457 e. The number of carbonyl (C=O) groups is 1. The van der Waals surface area contributed by atoms with Crippen LogP contribution >= 0.6 is 23.1 Å². The van der Waals surface area contributed by atoms with E-state index in [2.05, 4.69) is 15.5 Å². The first-order valence-corrected chi connectivity index (χ1v) is 14.9. The molecule has 1 amide bonds. The Balaban J connectivity index is 1.59. The number of ether oxygens (including phenoxy) is 1. The summed E-state index contributed by atoms with van der Waals surface area (Å²) < 4.78 is 6.36. The van der Waals surface area contributed by atoms with Crippen LogP contribution in [0.4, 0.5) is 0 Å². The van der Waals surface area contributed by atoms with E-state index in [-0.39, 0.29) is 11.8 Å². The van der Waals surface area contributed by atoms with E-state index >= 15 is 0 Å². The third-order valence-corrected chi connectivity index (χ3v) is 8.98. The fourth-order valence-electron chi connectivity index (χ4n) is 4.24. The molecule has 0 saturated carbocycles. The molecule has 0 radical (unpaired) electrons. The lowest BCUT2D eigenvalue weighted by Gasteiger charge is -2.21. The summed E-state index contributed by atoms with van der Waals surface area (Å²) in [5.41, 5.74) is 2.57. The van der Waals surface area contributed by atoms with E-state index < -0.39 is 0 Å². The van der Waals surface area contributed by atoms with Crippen molar-refractivity contribution in [3.63, 3.8) is 0 Å². The summed E-state index contributed by atoms with van der Waals surface area (Å²) in [5.74, 6) is 1.83. The minimum atomic E-state index is 0.00981. The second-order valence-corrected chi connectivity index (χ2v) is 12.0. The van der Waals surface area contributed by atoms with E-state index in [4.69, 9.17) is 15.6 Å². The molecule has 3 aromatic rings. The van der Waals surface area contributed by atoms with Crippen LogP contribution in [0.1, 0.15) is 62.6 Å². The van der Waals surface area contributed by atoms with E-state index in [9.17, 15) is 4.79 Å². The molecule has 1 aromatic heterocycles. The van der Waals surface area contributed by atoms with Crippen molar-refractivity contribution in [3.8, 4) is 22.1 Å². The summed E-state index contributed by atoms with van der Waals surface area (Å²) in [6.45, 7) is 10.5. The molecule has 8 nitrogen and oxygen atoms in total. The first-order chi connectivity index (χ1) is 18.7. The number of nitrogens with one attached hydrogen (secondary N) is 3. The number of aromatic nitrogens is 2. The summed E-state index contributed by atoms with van der Waals surface area (Å²) >= 11 is 2.81. The van der Waals surface area contributed by atoms with Crippen LogP contribution in [0.2, 0.25) is 0 Å². The lowest BCUT2D eigenvalue weighted by Crippen LogP contribution is -2.27. The highest BCUT2D eigenvalue weighted by atomic mass is 32.2. The molecule has 0 atom stereocenters. The van der Waals surface area contributed by atoms with Crippen LogP contribution in [-0.2, 0) is 11.3 Å². The van der Waals surface area contributed by atoms with Crippen LogP contribution in [0, 0.1) is 16.7 Å². The van der Waals surface area contributed by atoms with E-state index in [0.717, 1.165) is 52.6 Å². The average molecular weight is 565 g/mol. The first kappa shape index (κ1) is 28.9. The Bertz CT molecular complexity index is 1320. The number of carbonyl (C=O) groups excluding carboxylic acids is 1. The summed E-state index contributed by atoms with van der Waals surface area (Å²) in [5, 5.41) is 31.5. The number of piperidine rings is 1. The summed E-state index contributed by atoms with van der Waals surface area (Å²) in [6.07, 6.45) is 2.15. The number of thioether (sulfide) groups is 1. The van der Waals surface area contributed by atoms with E-state index in [1.807, 2.05) is 63.2 Å². The molecular weight excluding hydrogens is 528 g/mol. The summed E-state index contributed by atoms with van der Waals surface area (Å²) in [7, 11) is 0. The SMILES string of the molecule is CCN(Cc1ccc(-c2nnc(C3CCNCC3)s2)cc1Oc1ccc(C(=N)SC(=N)C(C)C)cc1)C(C)=O. The summed E-state index contributed by atoms with van der Waals surface area (Å²) in [4.78, 5) is 13.9. The third kappa shape index (κ3) is 7.52. The standard InChI is InChI=1S/C29H36N6O2S2/c1-5-35(19(4)36)17-23-7-6-22(29-34-33-28(39-29)21-12-14-32-15-13-21)16-25(23)37-24-10-8-20(9-11-24)27(31)38-26(30)18(2)3/h6-11,16,18,21,30-32H,5,12-15,17H2,1-4H3. The second kappa shape index (κ2) is 13.3. The zero-order valence-corrected chi connectivity index (χ0v) is 24.5. The Hall–Kier alpha value is -3.08. The molecule has 0 aliphatic carbocycles. The highest BCUT2D eigenvalue weighted by Crippen LogP contribution is 2.36. The number of benzene rings is 2. The maximum absolute atomic E-state index is 12.1. The molecule has 1 fully saturated rings. The van der Waals surface area contributed by atoms with Gasteiger partial charge in [-0.25, -0.2) is 0 Å². The quantitative estimate of drug-likeness (QED) is 0.201. The number of nitrogens with zero attached hydrogens (tertiary/aromatic N) is 3. The van der Waals surface area contributed by atoms with Gasteiger partial charge < -0.3 is 15.0 Å². The molecule has 10 heteroatoms. The molecule has 0 unspecified atom stereocenters. The van der Waals surface area contributed by atoms with Gasteiger partial charge in [-0.1, -0.05) is 49.1 Å². The Morgan fingerprint density at radius 3 is 2.51 bits per heavy atom. The summed E-state index contributed by atoms with van der Waals surface area (Å²) in [6, 6.07) is 13.4. The molecule has 1 aliphatic rings. The topological polar surface area (TPSA) is 115 Å². The van der Waals surface area contributed by atoms with Crippen LogP contribution in [0.25, 0.3) is 10.6 Å². The van der Waals surface area contributed by atoms with Gasteiger partial charge in [-0.2, -0.15) is 0 Å². The predicted octanol–water partition coefficient (Wildman–Crippen LogP) is 6.52. The van der Waals surface area contributed by atoms with Crippen molar-refractivity contribution < 1.29 is 9.53 Å². The normalized spacial score (nSPS) is 13.9. The van der Waals surface area contributed by atoms with Crippen LogP contribution in [0.3, 0.4) is 0 Å². The maximum atomic E-state index is 12.1. The number of amides is 1. The molecule has 39 heavy (non-hydrogen) atoms. The van der Waals surface area contributed by atoms with Gasteiger partial charge in [-0.05, 0) is 63.2 Å². The Morgan fingerprint density at radius 2 is 1.87 bits per heavy atom. The van der Waals surface area contributed by atoms with Gasteiger partial charge in [0.2, 0.25) is 5.91 Å². The lowest BCUT2D eigenvalue weighted by molar-refractivity contribution is -0.129. The van der Waals surface area contributed by atoms with Gasteiger partial charge in [0, 0.05) is 48.5 Å². The van der Waals surface area contributed by atoms with Crippen LogP contribution in [0.5, 0.6) is 11.5 Å². The van der Waals surface area contributed by atoms with E-state index in [1.165, 1.54) is 11.8 Å². The molecule has 0 bridgehead atoms. The van der Waals surface area contributed by atoms with E-state index in [0.29, 0.717) is 40.6 Å². The maximum Gasteiger partial charge on any atom is 0.219 e. The van der Waals surface area contributed by atoms with Gasteiger partial charge >= 0.3 is 0 Å². The highest BCUT2D eigenvalue weighted by Gasteiger charge is 2.21. The Morgan fingerprint density at radius 1 is 1.15 bits per heavy atom. The third-order valence-electron chi connectivity index (χ3n) is 6.71. The van der Waals surface area contributed by atoms with Gasteiger partial charge in [0.15, 0.2) is 0 Å². The molecule has 2 aromatic carbocycles. The molecule has 1 saturated heterocycles. The van der Waals surface area contributed by atoms with Crippen LogP contribution in [-0.4, -0.2) is 50.7 Å². The van der Waals surface area contributed by atoms with Crippen molar-refractivity contribution in [2.75, 3.05) is 19.6 Å². The molecule has 4 rings (SSSR count). The average Bonchev–Trinajstić information content (AvgIpc) is 3.43. The minimum Gasteiger partial charge on any atom is -0.457 e. The van der Waals surface area contributed by atoms with Crippen LogP contribution in [0.15, 0.2) is 42.5 Å². The zero-order chi connectivity index (χ0) is 27.9. The van der Waals surface area contributed by atoms with Crippen molar-refractivity contribution in [3.05, 3.63) is 58.6 Å². The number of rotatable bonds is 9. The smallest absolute Gasteiger partial charge is 0.219 e. The van der Waals surface area contributed by atoms with Gasteiger partial charge in [-0.3, -0.25) is 15.6 Å². The monoisotopic (exact) mass is 564 g/mol. The van der Waals surface area contributed by atoms with Gasteiger partial charge in [0.05, 0.1) is 5.04 Å². The second-order valence-electron chi connectivity index (χ2n) is 9.90. The Kier molecular flexibility index (Phi) is 9.88. The highest BCUT2D eigenvalue weighted by molar-refractivity contribution is 8.26. The molecule has 206 valence electrons. The molecular formula is C29H36N6O2S2. The van der Waals surface area contributed by atoms with E-state index in [1.54, 1.807) is 23.2 Å². The predicted molar refractivity (Wildman–Crippen MR) is 160 cm³/mol. The fraction of sp³-hybridized carbons (Fsp3) is 0.414. The van der Waals surface area contributed by atoms with Gasteiger partial charge in [0.1, 0.15) is 26.6 Å². The molecule has 2 heterocycles. The Labute approximate surface area is 238 Å².